The highest BCUT2D eigenvalue weighted by atomic mass is 32.1. The molecule has 1 unspecified atom stereocenters. The SMILES string of the molecule is Cc1ncsc1-c1ccc([C@H](C)NC(=O)[C@@H]2C[C@@H](O)CN2C(=O)C(NC(=O)COc2ccc(O[C@H]3CC[C@H](Oc4ccc(N5C(=S)N(c6ccc(C#N)c(C(F)(F)F)c6)C(=O)C5(C)C)cc4)CC3)nc2)C(C)(C)C)cc1. The zero-order valence-electron chi connectivity index (χ0n) is 43.0. The van der Waals surface area contributed by atoms with E-state index in [0.717, 1.165) is 38.7 Å². The summed E-state index contributed by atoms with van der Waals surface area (Å²) in [6.07, 6.45) is -1.74. The van der Waals surface area contributed by atoms with Gasteiger partial charge in [0.1, 0.15) is 35.2 Å². The molecular formula is C55H59F3N8O8S2. The fourth-order valence-corrected chi connectivity index (χ4v) is 11.0. The summed E-state index contributed by atoms with van der Waals surface area (Å²) in [4.78, 5) is 68.6. The first-order valence-corrected chi connectivity index (χ1v) is 26.1. The molecule has 8 rings (SSSR count). The fourth-order valence-electron chi connectivity index (χ4n) is 9.65. The first-order chi connectivity index (χ1) is 35.9. The van der Waals surface area contributed by atoms with Crippen LogP contribution in [0.2, 0.25) is 0 Å². The first-order valence-electron chi connectivity index (χ1n) is 24.8. The van der Waals surface area contributed by atoms with Crippen molar-refractivity contribution >= 4 is 63.7 Å². The van der Waals surface area contributed by atoms with E-state index >= 15 is 0 Å². The van der Waals surface area contributed by atoms with Gasteiger partial charge in [0, 0.05) is 24.7 Å². The number of halogens is 3. The minimum atomic E-state index is -4.81. The van der Waals surface area contributed by atoms with Gasteiger partial charge in [0.15, 0.2) is 11.7 Å². The molecule has 2 saturated heterocycles. The number of aromatic nitrogens is 2. The molecule has 76 heavy (non-hydrogen) atoms. The highest BCUT2D eigenvalue weighted by Gasteiger charge is 2.51. The van der Waals surface area contributed by atoms with Crippen LogP contribution in [0.3, 0.4) is 0 Å². The number of amides is 4. The number of benzene rings is 3. The number of aliphatic hydroxyl groups is 1. The summed E-state index contributed by atoms with van der Waals surface area (Å²) in [5.74, 6) is -0.730. The third kappa shape index (κ3) is 12.1. The van der Waals surface area contributed by atoms with E-state index in [1.165, 1.54) is 17.2 Å². The second-order valence-electron chi connectivity index (χ2n) is 20.8. The number of thiazole rings is 1. The van der Waals surface area contributed by atoms with Crippen LogP contribution in [-0.4, -0.2) is 97.8 Å². The van der Waals surface area contributed by atoms with Gasteiger partial charge in [-0.3, -0.25) is 24.1 Å². The molecule has 2 aromatic heterocycles. The number of anilines is 2. The Bertz CT molecular complexity index is 3010. The van der Waals surface area contributed by atoms with Crippen LogP contribution in [0.25, 0.3) is 10.4 Å². The predicted octanol–water partition coefficient (Wildman–Crippen LogP) is 8.84. The Morgan fingerprint density at radius 3 is 2.16 bits per heavy atom. The van der Waals surface area contributed by atoms with E-state index in [-0.39, 0.29) is 42.0 Å². The number of nitrogens with zero attached hydrogens (tertiary/aromatic N) is 6. The second-order valence-corrected chi connectivity index (χ2v) is 22.0. The lowest BCUT2D eigenvalue weighted by Crippen LogP contribution is -2.58. The number of pyridine rings is 1. The van der Waals surface area contributed by atoms with Crippen LogP contribution in [0, 0.1) is 23.7 Å². The molecule has 4 atom stereocenters. The quantitative estimate of drug-likeness (QED) is 0.0841. The van der Waals surface area contributed by atoms with E-state index in [2.05, 4.69) is 20.6 Å². The lowest BCUT2D eigenvalue weighted by molar-refractivity contribution is -0.144. The minimum absolute atomic E-state index is 0.00861. The Labute approximate surface area is 448 Å². The topological polar surface area (TPSA) is 200 Å². The van der Waals surface area contributed by atoms with Crippen LogP contribution in [0.5, 0.6) is 17.4 Å². The number of likely N-dealkylation sites (tertiary alicyclic amines) is 1. The third-order valence-corrected chi connectivity index (χ3v) is 15.1. The summed E-state index contributed by atoms with van der Waals surface area (Å²) in [5, 5.41) is 25.7. The van der Waals surface area contributed by atoms with E-state index < -0.39 is 76.7 Å². The number of aryl methyl sites for hydroxylation is 1. The summed E-state index contributed by atoms with van der Waals surface area (Å²) in [7, 11) is 0. The molecule has 21 heteroatoms. The number of carbonyl (C=O) groups is 4. The number of aliphatic hydroxyl groups excluding tert-OH is 1. The van der Waals surface area contributed by atoms with Gasteiger partial charge in [-0.05, 0) is 131 Å². The third-order valence-electron chi connectivity index (χ3n) is 13.8. The molecule has 0 radical (unpaired) electrons. The van der Waals surface area contributed by atoms with Gasteiger partial charge < -0.3 is 39.8 Å². The number of hydrogen-bond donors (Lipinski definition) is 3. The summed E-state index contributed by atoms with van der Waals surface area (Å²) in [6, 6.07) is 20.4. The van der Waals surface area contributed by atoms with Crippen molar-refractivity contribution in [3.8, 4) is 33.9 Å². The first kappa shape index (κ1) is 55.1. The van der Waals surface area contributed by atoms with Gasteiger partial charge in [-0.15, -0.1) is 11.3 Å². The highest BCUT2D eigenvalue weighted by molar-refractivity contribution is 7.81. The van der Waals surface area contributed by atoms with Crippen LogP contribution in [-0.2, 0) is 25.4 Å². The van der Waals surface area contributed by atoms with Crippen molar-refractivity contribution in [3.63, 3.8) is 0 Å². The second kappa shape index (κ2) is 22.2. The van der Waals surface area contributed by atoms with Crippen molar-refractivity contribution < 1.29 is 51.7 Å². The fraction of sp³-hybridized carbons (Fsp3) is 0.418. The van der Waals surface area contributed by atoms with Gasteiger partial charge in [-0.25, -0.2) is 9.97 Å². The van der Waals surface area contributed by atoms with E-state index in [1.54, 1.807) is 98.8 Å². The Morgan fingerprint density at radius 1 is 0.921 bits per heavy atom. The van der Waals surface area contributed by atoms with Crippen LogP contribution in [0.4, 0.5) is 24.5 Å². The molecule has 4 amide bonds. The lowest BCUT2D eigenvalue weighted by Gasteiger charge is -2.35. The molecule has 16 nitrogen and oxygen atoms in total. The zero-order chi connectivity index (χ0) is 54.9. The summed E-state index contributed by atoms with van der Waals surface area (Å²) < 4.78 is 59.6. The van der Waals surface area contributed by atoms with Crippen molar-refractivity contribution in [3.05, 3.63) is 113 Å². The largest absolute Gasteiger partial charge is 0.490 e. The van der Waals surface area contributed by atoms with Gasteiger partial charge in [0.05, 0.1) is 63.4 Å². The molecule has 3 aliphatic rings. The molecule has 3 aromatic carbocycles. The number of nitriles is 1. The number of ether oxygens (including phenoxy) is 3. The van der Waals surface area contributed by atoms with Crippen molar-refractivity contribution in [1.29, 1.82) is 5.26 Å². The molecule has 0 spiro atoms. The number of nitrogens with one attached hydrogen (secondary N) is 2. The Morgan fingerprint density at radius 2 is 1.57 bits per heavy atom. The number of rotatable bonds is 15. The number of hydrogen-bond acceptors (Lipinski definition) is 13. The van der Waals surface area contributed by atoms with Crippen molar-refractivity contribution in [2.75, 3.05) is 23.0 Å². The Balaban J connectivity index is 0.789. The normalized spacial score (nSPS) is 20.4. The van der Waals surface area contributed by atoms with Crippen molar-refractivity contribution in [1.82, 2.24) is 25.5 Å². The van der Waals surface area contributed by atoms with Crippen LogP contribution >= 0.6 is 23.6 Å². The van der Waals surface area contributed by atoms with E-state index in [4.69, 9.17) is 26.4 Å². The number of thiocarbonyl (C=S) groups is 1. The van der Waals surface area contributed by atoms with Gasteiger partial charge >= 0.3 is 6.18 Å². The summed E-state index contributed by atoms with van der Waals surface area (Å²) in [6.45, 7) is 12.0. The average molecular weight is 1080 g/mol. The summed E-state index contributed by atoms with van der Waals surface area (Å²) >= 11 is 7.23. The molecule has 2 aliphatic heterocycles. The Kier molecular flexibility index (Phi) is 16.1. The smallest absolute Gasteiger partial charge is 0.417 e. The lowest BCUT2D eigenvalue weighted by atomic mass is 9.85. The number of β-amino-alcohol motifs (C(OH)–C–C–N with tert-alkyl or cyclic N) is 1. The standard InChI is InChI=1S/C55H59F3N8O8S2/c1-31(33-8-10-34(11-9-33)47-32(2)61-30-76-47)62-49(69)44-25-38(67)28-64(44)50(70)48(53(3,4)5)63-45(68)29-72-42-22-23-46(60-27-42)74-41-20-18-40(19-21-41)73-39-16-14-36(15-17-39)66-52(75)65(51(71)54(66,6)7)37-13-12-35(26-59)43(24-37)55(56,57)58/h8-17,22-24,27,30-31,38,40-41,44,48,67H,18-21,25,28-29H2,1-7H3,(H,62,69)(H,63,68)/t31-,38+,40-,41-,44-,48?/m0/s1. The van der Waals surface area contributed by atoms with Gasteiger partial charge in [-0.2, -0.15) is 18.4 Å². The molecule has 5 aromatic rings. The average Bonchev–Trinajstić information content (AvgIpc) is 4.08. The molecule has 400 valence electrons. The minimum Gasteiger partial charge on any atom is -0.490 e. The van der Waals surface area contributed by atoms with E-state index in [1.807, 2.05) is 38.1 Å². The predicted molar refractivity (Wildman–Crippen MR) is 283 cm³/mol. The molecule has 1 saturated carbocycles. The van der Waals surface area contributed by atoms with Gasteiger partial charge in [0.2, 0.25) is 17.7 Å². The molecular weight excluding hydrogens is 1020 g/mol. The maximum Gasteiger partial charge on any atom is 0.417 e. The Hall–Kier alpha value is -7.15. The summed E-state index contributed by atoms with van der Waals surface area (Å²) in [5.41, 5.74) is 1.37. The number of carbonyl (C=O) groups excluding carboxylic acids is 4. The van der Waals surface area contributed by atoms with Crippen molar-refractivity contribution in [2.45, 2.75) is 129 Å². The van der Waals surface area contributed by atoms with Gasteiger partial charge in [0.25, 0.3) is 11.8 Å². The molecule has 3 N–H and O–H groups in total. The highest BCUT2D eigenvalue weighted by Crippen LogP contribution is 2.41. The monoisotopic (exact) mass is 1080 g/mol. The van der Waals surface area contributed by atoms with Crippen LogP contribution < -0.4 is 34.6 Å². The molecule has 3 fully saturated rings. The maximum absolute atomic E-state index is 14.2. The van der Waals surface area contributed by atoms with Crippen molar-refractivity contribution in [2.24, 2.45) is 5.41 Å². The molecule has 1 aliphatic carbocycles. The van der Waals surface area contributed by atoms with E-state index in [9.17, 15) is 42.7 Å². The van der Waals surface area contributed by atoms with Gasteiger partial charge in [-0.1, -0.05) is 45.0 Å². The molecule has 0 bridgehead atoms. The van der Waals surface area contributed by atoms with Crippen LogP contribution in [0.15, 0.2) is 90.6 Å². The molecule has 4 heterocycles. The number of alkyl halides is 3. The maximum atomic E-state index is 14.2. The zero-order valence-corrected chi connectivity index (χ0v) is 44.6. The van der Waals surface area contributed by atoms with E-state index in [0.29, 0.717) is 48.7 Å². The van der Waals surface area contributed by atoms with Crippen LogP contribution in [0.1, 0.15) is 102 Å².